The van der Waals surface area contributed by atoms with Crippen molar-refractivity contribution in [3.05, 3.63) is 26.9 Å². The first-order chi connectivity index (χ1) is 6.65. The molecule has 1 aromatic heterocycles. The van der Waals surface area contributed by atoms with Gasteiger partial charge in [-0.05, 0) is 16.0 Å². The van der Waals surface area contributed by atoms with E-state index < -0.39 is 4.92 Å². The number of nitrogens with zero attached hydrogens (tertiary/aromatic N) is 2. The Morgan fingerprint density at radius 2 is 2.36 bits per heavy atom. The second-order valence-electron chi connectivity index (χ2n) is 2.27. The lowest BCUT2D eigenvalue weighted by molar-refractivity contribution is -0.389. The Bertz CT molecular complexity index is 344. The van der Waals surface area contributed by atoms with Crippen molar-refractivity contribution in [1.82, 2.24) is 4.98 Å². The summed E-state index contributed by atoms with van der Waals surface area (Å²) in [5.74, 6) is 0.166. The molecule has 0 saturated carbocycles. The number of hydrogen-bond acceptors (Lipinski definition) is 5. The third-order valence-corrected chi connectivity index (χ3v) is 1.89. The molecule has 0 amide bonds. The molecule has 1 aromatic rings. The molecule has 0 N–H and O–H groups in total. The number of rotatable bonds is 4. The second kappa shape index (κ2) is 4.87. The topological polar surface area (TPSA) is 74.5 Å². The minimum absolute atomic E-state index is 0.0676. The molecule has 0 aliphatic carbocycles. The van der Waals surface area contributed by atoms with E-state index in [-0.39, 0.29) is 17.2 Å². The van der Waals surface area contributed by atoms with Gasteiger partial charge in [0.15, 0.2) is 12.5 Å². The van der Waals surface area contributed by atoms with E-state index in [9.17, 15) is 10.1 Å². The lowest BCUT2D eigenvalue weighted by Gasteiger charge is -2.03. The van der Waals surface area contributed by atoms with E-state index in [1.54, 1.807) is 0 Å². The molecule has 0 saturated heterocycles. The number of hydrogen-bond donors (Lipinski definition) is 0. The molecule has 6 nitrogen and oxygen atoms in total. The molecule has 0 bridgehead atoms. The predicted octanol–water partition coefficient (Wildman–Crippen LogP) is 1.74. The average Bonchev–Trinajstić information content (AvgIpc) is 2.15. The highest BCUT2D eigenvalue weighted by molar-refractivity contribution is 9.10. The van der Waals surface area contributed by atoms with Gasteiger partial charge >= 0.3 is 5.82 Å². The summed E-state index contributed by atoms with van der Waals surface area (Å²) in [5, 5.41) is 10.3. The summed E-state index contributed by atoms with van der Waals surface area (Å²) in [6.45, 7) is 0.0676. The number of nitro groups is 1. The lowest BCUT2D eigenvalue weighted by Crippen LogP contribution is -2.01. The van der Waals surface area contributed by atoms with Crippen LogP contribution in [0.4, 0.5) is 5.82 Å². The first-order valence-corrected chi connectivity index (χ1v) is 4.37. The van der Waals surface area contributed by atoms with E-state index in [2.05, 4.69) is 25.7 Å². The summed E-state index contributed by atoms with van der Waals surface area (Å²) >= 11 is 3.05. The van der Waals surface area contributed by atoms with Crippen LogP contribution in [0.3, 0.4) is 0 Å². The summed E-state index contributed by atoms with van der Waals surface area (Å²) < 4.78 is 10.0. The van der Waals surface area contributed by atoms with Crippen molar-refractivity contribution in [2.24, 2.45) is 0 Å². The van der Waals surface area contributed by atoms with E-state index in [1.165, 1.54) is 19.2 Å². The summed E-state index contributed by atoms with van der Waals surface area (Å²) in [5.41, 5.74) is 0. The van der Waals surface area contributed by atoms with E-state index >= 15 is 0 Å². The molecule has 0 unspecified atom stereocenters. The maximum absolute atomic E-state index is 10.3. The van der Waals surface area contributed by atoms with Crippen LogP contribution in [0.25, 0.3) is 0 Å². The van der Waals surface area contributed by atoms with E-state index in [4.69, 9.17) is 4.74 Å². The Kier molecular flexibility index (Phi) is 3.78. The fourth-order valence-corrected chi connectivity index (χ4v) is 1.17. The Balaban J connectivity index is 2.84. The van der Waals surface area contributed by atoms with Crippen molar-refractivity contribution in [1.29, 1.82) is 0 Å². The Labute approximate surface area is 88.1 Å². The van der Waals surface area contributed by atoms with Crippen molar-refractivity contribution >= 4 is 21.7 Å². The van der Waals surface area contributed by atoms with Crippen molar-refractivity contribution in [3.8, 4) is 5.75 Å². The molecule has 0 aliphatic rings. The number of methoxy groups -OCH3 is 1. The van der Waals surface area contributed by atoms with Crippen molar-refractivity contribution in [3.63, 3.8) is 0 Å². The molecule has 0 aliphatic heterocycles. The predicted molar refractivity (Wildman–Crippen MR) is 51.1 cm³/mol. The highest BCUT2D eigenvalue weighted by Gasteiger charge is 2.13. The van der Waals surface area contributed by atoms with Crippen LogP contribution in [-0.4, -0.2) is 23.8 Å². The molecule has 0 radical (unpaired) electrons. The highest BCUT2D eigenvalue weighted by atomic mass is 79.9. The van der Waals surface area contributed by atoms with Crippen LogP contribution in [0.15, 0.2) is 16.7 Å². The van der Waals surface area contributed by atoms with Crippen molar-refractivity contribution in [2.75, 3.05) is 13.9 Å². The Morgan fingerprint density at radius 1 is 1.64 bits per heavy atom. The zero-order chi connectivity index (χ0) is 10.6. The molecule has 7 heteroatoms. The van der Waals surface area contributed by atoms with Crippen LogP contribution in [0.5, 0.6) is 5.75 Å². The first-order valence-electron chi connectivity index (χ1n) is 3.58. The van der Waals surface area contributed by atoms with E-state index in [1.807, 2.05) is 0 Å². The van der Waals surface area contributed by atoms with Crippen LogP contribution in [0.2, 0.25) is 0 Å². The smallest absolute Gasteiger partial charge is 0.364 e. The third kappa shape index (κ3) is 2.64. The fourth-order valence-electron chi connectivity index (χ4n) is 0.744. The van der Waals surface area contributed by atoms with Gasteiger partial charge in [-0.3, -0.25) is 0 Å². The zero-order valence-electron chi connectivity index (χ0n) is 7.27. The SMILES string of the molecule is COCOc1ccc([N+](=O)[O-])nc1Br. The van der Waals surface area contributed by atoms with E-state index in [0.717, 1.165) is 0 Å². The van der Waals surface area contributed by atoms with Gasteiger partial charge in [0.05, 0.1) is 0 Å². The molecule has 1 heterocycles. The van der Waals surface area contributed by atoms with Gasteiger partial charge < -0.3 is 19.6 Å². The molecular weight excluding hydrogens is 256 g/mol. The largest absolute Gasteiger partial charge is 0.462 e. The summed E-state index contributed by atoms with van der Waals surface area (Å²) in [6, 6.07) is 2.71. The van der Waals surface area contributed by atoms with Gasteiger partial charge in [0.1, 0.15) is 0 Å². The lowest BCUT2D eigenvalue weighted by atomic mass is 10.4. The monoisotopic (exact) mass is 262 g/mol. The molecule has 14 heavy (non-hydrogen) atoms. The number of halogens is 1. The Hall–Kier alpha value is -1.21. The van der Waals surface area contributed by atoms with Gasteiger partial charge in [0.25, 0.3) is 4.60 Å². The number of ether oxygens (including phenoxy) is 2. The third-order valence-electron chi connectivity index (χ3n) is 1.32. The molecule has 0 aromatic carbocycles. The standard InChI is InChI=1S/C7H7BrN2O4/c1-13-4-14-5-2-3-6(10(11)12)9-7(5)8/h2-3H,4H2,1H3. The molecule has 1 rings (SSSR count). The van der Waals surface area contributed by atoms with Crippen molar-refractivity contribution in [2.45, 2.75) is 0 Å². The first kappa shape index (κ1) is 10.9. The summed E-state index contributed by atoms with van der Waals surface area (Å²) in [6.07, 6.45) is 0. The number of aromatic nitrogens is 1. The summed E-state index contributed by atoms with van der Waals surface area (Å²) in [7, 11) is 1.48. The molecular formula is C7H7BrN2O4. The highest BCUT2D eigenvalue weighted by Crippen LogP contribution is 2.25. The van der Waals surface area contributed by atoms with Crippen LogP contribution in [0.1, 0.15) is 0 Å². The average molecular weight is 263 g/mol. The van der Waals surface area contributed by atoms with Gasteiger partial charge in [-0.25, -0.2) is 0 Å². The summed E-state index contributed by atoms with van der Waals surface area (Å²) in [4.78, 5) is 13.4. The molecule has 0 fully saturated rings. The minimum atomic E-state index is -0.579. The van der Waals surface area contributed by atoms with Crippen molar-refractivity contribution < 1.29 is 14.4 Å². The van der Waals surface area contributed by atoms with Gasteiger partial charge in [-0.15, -0.1) is 0 Å². The van der Waals surface area contributed by atoms with Gasteiger partial charge in [-0.1, -0.05) is 0 Å². The second-order valence-corrected chi connectivity index (χ2v) is 3.02. The van der Waals surface area contributed by atoms with Gasteiger partial charge in [0.2, 0.25) is 0 Å². The van der Waals surface area contributed by atoms with Crippen LogP contribution in [0, 0.1) is 10.1 Å². The normalized spacial score (nSPS) is 9.86. The van der Waals surface area contributed by atoms with Crippen LogP contribution >= 0.6 is 15.9 Å². The maximum atomic E-state index is 10.3. The fraction of sp³-hybridized carbons (Fsp3) is 0.286. The van der Waals surface area contributed by atoms with Crippen LogP contribution in [-0.2, 0) is 4.74 Å². The zero-order valence-corrected chi connectivity index (χ0v) is 8.85. The molecule has 0 spiro atoms. The maximum Gasteiger partial charge on any atom is 0.364 e. The molecule has 0 atom stereocenters. The molecule has 76 valence electrons. The van der Waals surface area contributed by atoms with E-state index in [0.29, 0.717) is 5.75 Å². The van der Waals surface area contributed by atoms with Gasteiger partial charge in [0, 0.05) is 29.1 Å². The Morgan fingerprint density at radius 3 is 2.86 bits per heavy atom. The number of pyridine rings is 1. The quantitative estimate of drug-likeness (QED) is 0.358. The van der Waals surface area contributed by atoms with Gasteiger partial charge in [-0.2, -0.15) is 0 Å². The van der Waals surface area contributed by atoms with Crippen LogP contribution < -0.4 is 4.74 Å². The minimum Gasteiger partial charge on any atom is -0.462 e.